The number of hydrogen-bond donors (Lipinski definition) is 0. The lowest BCUT2D eigenvalue weighted by Gasteiger charge is -2.14. The molecule has 22 heavy (non-hydrogen) atoms. The summed E-state index contributed by atoms with van der Waals surface area (Å²) < 4.78 is 0. The fraction of sp³-hybridized carbons (Fsp3) is 0.0909. The van der Waals surface area contributed by atoms with Crippen molar-refractivity contribution in [3.63, 3.8) is 0 Å². The Morgan fingerprint density at radius 2 is 1.18 bits per heavy atom. The maximum absolute atomic E-state index is 2.29. The van der Waals surface area contributed by atoms with E-state index in [0.717, 1.165) is 0 Å². The molecule has 0 aliphatic carbocycles. The minimum Gasteiger partial charge on any atom is -0.0721 e. The molecule has 0 radical (unpaired) electrons. The van der Waals surface area contributed by atoms with E-state index < -0.39 is 0 Å². The highest BCUT2D eigenvalue weighted by atomic mass is 14.1. The van der Waals surface area contributed by atoms with Crippen LogP contribution in [0.3, 0.4) is 0 Å². The molecule has 0 saturated carbocycles. The number of allylic oxidation sites excluding steroid dienone is 1. The van der Waals surface area contributed by atoms with Crippen LogP contribution < -0.4 is 0 Å². The Morgan fingerprint density at radius 1 is 0.636 bits per heavy atom. The summed E-state index contributed by atoms with van der Waals surface area (Å²) in [7, 11) is 0. The number of aryl methyl sites for hydroxylation is 1. The van der Waals surface area contributed by atoms with Gasteiger partial charge in [-0.2, -0.15) is 0 Å². The Bertz CT molecular complexity index is 722. The molecular formula is C22H20. The van der Waals surface area contributed by atoms with Gasteiger partial charge in [0, 0.05) is 5.92 Å². The fourth-order valence-corrected chi connectivity index (χ4v) is 2.62. The Labute approximate surface area is 132 Å². The van der Waals surface area contributed by atoms with E-state index in [9.17, 15) is 0 Å². The van der Waals surface area contributed by atoms with Gasteiger partial charge < -0.3 is 0 Å². The molecule has 108 valence electrons. The lowest BCUT2D eigenvalue weighted by atomic mass is 9.90. The molecule has 0 N–H and O–H groups in total. The molecule has 3 aromatic carbocycles. The Kier molecular flexibility index (Phi) is 4.50. The molecule has 3 rings (SSSR count). The van der Waals surface area contributed by atoms with Gasteiger partial charge in [-0.3, -0.25) is 0 Å². The van der Waals surface area contributed by atoms with Crippen molar-refractivity contribution in [2.24, 2.45) is 0 Å². The maximum atomic E-state index is 2.29. The average molecular weight is 284 g/mol. The van der Waals surface area contributed by atoms with Crippen molar-refractivity contribution in [2.75, 3.05) is 0 Å². The first-order valence-electron chi connectivity index (χ1n) is 7.68. The second-order valence-corrected chi connectivity index (χ2v) is 5.57. The van der Waals surface area contributed by atoms with Crippen LogP contribution in [0.5, 0.6) is 0 Å². The van der Waals surface area contributed by atoms with E-state index in [-0.39, 0.29) is 5.92 Å². The lowest BCUT2D eigenvalue weighted by molar-refractivity contribution is 1.03. The van der Waals surface area contributed by atoms with Gasteiger partial charge in [-0.15, -0.1) is 0 Å². The summed E-state index contributed by atoms with van der Waals surface area (Å²) in [4.78, 5) is 0. The SMILES string of the molecule is Cc1ccc([C@H](/C=C/c2ccccc2)c2ccccc2)cc1. The van der Waals surface area contributed by atoms with Crippen molar-refractivity contribution in [2.45, 2.75) is 12.8 Å². The number of rotatable bonds is 4. The number of hydrogen-bond acceptors (Lipinski definition) is 0. The highest BCUT2D eigenvalue weighted by Crippen LogP contribution is 2.27. The van der Waals surface area contributed by atoms with E-state index in [1.165, 1.54) is 22.3 Å². The topological polar surface area (TPSA) is 0 Å². The summed E-state index contributed by atoms with van der Waals surface area (Å²) >= 11 is 0. The molecule has 1 atom stereocenters. The zero-order chi connectivity index (χ0) is 15.2. The van der Waals surface area contributed by atoms with Crippen LogP contribution in [0.15, 0.2) is 91.0 Å². The second-order valence-electron chi connectivity index (χ2n) is 5.57. The Hall–Kier alpha value is -2.60. The van der Waals surface area contributed by atoms with E-state index in [1.54, 1.807) is 0 Å². The van der Waals surface area contributed by atoms with Gasteiger partial charge >= 0.3 is 0 Å². The summed E-state index contributed by atoms with van der Waals surface area (Å²) in [6, 6.07) is 29.9. The molecule has 3 aromatic rings. The van der Waals surface area contributed by atoms with E-state index in [1.807, 2.05) is 6.07 Å². The minimum atomic E-state index is 0.280. The van der Waals surface area contributed by atoms with E-state index >= 15 is 0 Å². The quantitative estimate of drug-likeness (QED) is 0.564. The van der Waals surface area contributed by atoms with Gasteiger partial charge in [-0.1, -0.05) is 103 Å². The summed E-state index contributed by atoms with van der Waals surface area (Å²) in [5, 5.41) is 0. The summed E-state index contributed by atoms with van der Waals surface area (Å²) in [5.74, 6) is 0.280. The van der Waals surface area contributed by atoms with Gasteiger partial charge in [0.2, 0.25) is 0 Å². The van der Waals surface area contributed by atoms with Crippen LogP contribution in [0.1, 0.15) is 28.2 Å². The summed E-state index contributed by atoms with van der Waals surface area (Å²) in [6.45, 7) is 2.13. The number of benzene rings is 3. The first kappa shape index (κ1) is 14.3. The molecule has 0 nitrogen and oxygen atoms in total. The predicted molar refractivity (Wildman–Crippen MR) is 94.9 cm³/mol. The Balaban J connectivity index is 1.96. The Morgan fingerprint density at radius 3 is 1.82 bits per heavy atom. The van der Waals surface area contributed by atoms with Crippen molar-refractivity contribution >= 4 is 6.08 Å². The van der Waals surface area contributed by atoms with Crippen LogP contribution in [0.4, 0.5) is 0 Å². The molecule has 0 aliphatic rings. The predicted octanol–water partition coefficient (Wildman–Crippen LogP) is 5.84. The van der Waals surface area contributed by atoms with Crippen LogP contribution in [0, 0.1) is 6.92 Å². The van der Waals surface area contributed by atoms with Crippen LogP contribution in [-0.2, 0) is 0 Å². The van der Waals surface area contributed by atoms with Crippen LogP contribution >= 0.6 is 0 Å². The van der Waals surface area contributed by atoms with Gasteiger partial charge in [0.05, 0.1) is 0 Å². The second kappa shape index (κ2) is 6.91. The van der Waals surface area contributed by atoms with Gasteiger partial charge in [-0.05, 0) is 23.6 Å². The molecule has 0 aliphatic heterocycles. The summed E-state index contributed by atoms with van der Waals surface area (Å²) in [5.41, 5.74) is 5.17. The zero-order valence-corrected chi connectivity index (χ0v) is 12.8. The standard InChI is InChI=1S/C22H20/c1-18-12-15-21(16-13-18)22(20-10-6-3-7-11-20)17-14-19-8-4-2-5-9-19/h2-17,22H,1H3/b17-14+/t22-/m1/s1. The molecule has 0 saturated heterocycles. The largest absolute Gasteiger partial charge is 0.0721 e. The average Bonchev–Trinajstić information content (AvgIpc) is 2.58. The van der Waals surface area contributed by atoms with Crippen LogP contribution in [0.2, 0.25) is 0 Å². The van der Waals surface area contributed by atoms with Crippen molar-refractivity contribution in [3.05, 3.63) is 113 Å². The first-order chi connectivity index (χ1) is 10.8. The monoisotopic (exact) mass is 284 g/mol. The molecular weight excluding hydrogens is 264 g/mol. The van der Waals surface area contributed by atoms with Crippen molar-refractivity contribution in [3.8, 4) is 0 Å². The fourth-order valence-electron chi connectivity index (χ4n) is 2.62. The van der Waals surface area contributed by atoms with Crippen molar-refractivity contribution < 1.29 is 0 Å². The normalized spacial score (nSPS) is 12.4. The van der Waals surface area contributed by atoms with Crippen LogP contribution in [0.25, 0.3) is 6.08 Å². The minimum absolute atomic E-state index is 0.280. The molecule has 0 bridgehead atoms. The van der Waals surface area contributed by atoms with E-state index in [0.29, 0.717) is 0 Å². The molecule has 0 fully saturated rings. The smallest absolute Gasteiger partial charge is 0.0272 e. The molecule has 0 amide bonds. The van der Waals surface area contributed by atoms with Crippen molar-refractivity contribution in [1.29, 1.82) is 0 Å². The maximum Gasteiger partial charge on any atom is 0.0272 e. The van der Waals surface area contributed by atoms with E-state index in [2.05, 4.69) is 97.9 Å². The van der Waals surface area contributed by atoms with Gasteiger partial charge in [-0.25, -0.2) is 0 Å². The van der Waals surface area contributed by atoms with Gasteiger partial charge in [0.1, 0.15) is 0 Å². The highest BCUT2D eigenvalue weighted by molar-refractivity contribution is 5.53. The third-order valence-electron chi connectivity index (χ3n) is 3.88. The molecule has 0 unspecified atom stereocenters. The highest BCUT2D eigenvalue weighted by Gasteiger charge is 2.10. The first-order valence-corrected chi connectivity index (χ1v) is 7.68. The third kappa shape index (κ3) is 3.53. The molecule has 0 heterocycles. The lowest BCUT2D eigenvalue weighted by Crippen LogP contribution is -1.97. The van der Waals surface area contributed by atoms with Gasteiger partial charge in [0.15, 0.2) is 0 Å². The molecule has 0 spiro atoms. The van der Waals surface area contributed by atoms with Crippen LogP contribution in [-0.4, -0.2) is 0 Å². The van der Waals surface area contributed by atoms with Crippen molar-refractivity contribution in [1.82, 2.24) is 0 Å². The van der Waals surface area contributed by atoms with Gasteiger partial charge in [0.25, 0.3) is 0 Å². The summed E-state index contributed by atoms with van der Waals surface area (Å²) in [6.07, 6.45) is 4.49. The third-order valence-corrected chi connectivity index (χ3v) is 3.88. The zero-order valence-electron chi connectivity index (χ0n) is 12.8. The van der Waals surface area contributed by atoms with E-state index in [4.69, 9.17) is 0 Å². The molecule has 0 heteroatoms. The molecule has 0 aromatic heterocycles.